The van der Waals surface area contributed by atoms with Crippen LogP contribution in [-0.4, -0.2) is 15.8 Å². The number of rotatable bonds is 6. The Bertz CT molecular complexity index is 689. The molecule has 0 bridgehead atoms. The van der Waals surface area contributed by atoms with Gasteiger partial charge in [0.2, 0.25) is 5.75 Å². The number of esters is 1. The molecule has 1 rings (SSSR count). The Morgan fingerprint density at radius 1 is 1.29 bits per heavy atom. The van der Waals surface area contributed by atoms with Crippen molar-refractivity contribution in [1.82, 2.24) is 0 Å². The van der Waals surface area contributed by atoms with E-state index in [-0.39, 0.29) is 70.0 Å². The number of nitro groups is 2. The van der Waals surface area contributed by atoms with Crippen LogP contribution in [0, 0.1) is 20.2 Å². The van der Waals surface area contributed by atoms with E-state index in [1.807, 2.05) is 6.92 Å². The number of hydrogen-bond acceptors (Lipinski definition) is 6. The van der Waals surface area contributed by atoms with Crippen LogP contribution >= 0.6 is 0 Å². The zero-order valence-electron chi connectivity index (χ0n) is 15.4. The normalized spacial score (nSPS) is 11.0. The molecule has 0 N–H and O–H groups in total. The van der Waals surface area contributed by atoms with Crippen LogP contribution in [0.3, 0.4) is 0 Å². The Kier molecular flexibility index (Phi) is 9.52. The smallest absolute Gasteiger partial charge is 1.00 e. The summed E-state index contributed by atoms with van der Waals surface area (Å²) in [7, 11) is 0. The van der Waals surface area contributed by atoms with Crippen molar-refractivity contribution in [2.75, 3.05) is 0 Å². The first kappa shape index (κ1) is 22.9. The minimum absolute atomic E-state index is 0. The molecule has 0 aromatic heterocycles. The summed E-state index contributed by atoms with van der Waals surface area (Å²) in [5.41, 5.74) is -0.0624. The van der Waals surface area contributed by atoms with E-state index in [9.17, 15) is 25.0 Å². The topological polar surface area (TPSA) is 113 Å². The molecule has 1 atom stereocenters. The SMILES string of the molecule is CCC(C)c1cc([N+](=O)[O-])cc([N+](=O)[O-])c1OC(=O)C=C(C)C.[H-].[K+]. The van der Waals surface area contributed by atoms with E-state index in [1.165, 1.54) is 12.1 Å². The molecule has 0 saturated carbocycles. The van der Waals surface area contributed by atoms with Crippen molar-refractivity contribution in [3.8, 4) is 5.75 Å². The Labute approximate surface area is 183 Å². The van der Waals surface area contributed by atoms with E-state index >= 15 is 0 Å². The van der Waals surface area contributed by atoms with E-state index in [0.29, 0.717) is 12.0 Å². The second-order valence-corrected chi connectivity index (χ2v) is 5.35. The predicted octanol–water partition coefficient (Wildman–Crippen LogP) is 1.00. The standard InChI is InChI=1S/C15H18N2O6.K.H/c1-5-10(4)12-7-11(16(19)20)8-13(17(21)22)15(12)23-14(18)6-9(2)3;;/h6-8,10H,5H2,1-4H3;;/q;+1;-1. The number of hydrogen-bond donors (Lipinski definition) is 0. The summed E-state index contributed by atoms with van der Waals surface area (Å²) in [4.78, 5) is 32.6. The van der Waals surface area contributed by atoms with Crippen LogP contribution < -0.4 is 56.1 Å². The van der Waals surface area contributed by atoms with Crippen LogP contribution in [0.25, 0.3) is 0 Å². The van der Waals surface area contributed by atoms with Crippen molar-refractivity contribution in [3.05, 3.63) is 49.6 Å². The van der Waals surface area contributed by atoms with Crippen molar-refractivity contribution >= 4 is 17.3 Å². The summed E-state index contributed by atoms with van der Waals surface area (Å²) in [6, 6.07) is 2.02. The number of nitro benzene ring substituents is 2. The number of non-ortho nitro benzene ring substituents is 1. The van der Waals surface area contributed by atoms with Crippen molar-refractivity contribution < 1.29 is 72.2 Å². The summed E-state index contributed by atoms with van der Waals surface area (Å²) < 4.78 is 5.13. The maximum atomic E-state index is 11.8. The first-order valence-corrected chi connectivity index (χ1v) is 7.00. The second-order valence-electron chi connectivity index (χ2n) is 5.35. The van der Waals surface area contributed by atoms with Gasteiger partial charge in [0.25, 0.3) is 5.69 Å². The van der Waals surface area contributed by atoms with Gasteiger partial charge in [-0.15, -0.1) is 0 Å². The van der Waals surface area contributed by atoms with Crippen molar-refractivity contribution in [2.45, 2.75) is 40.0 Å². The molecule has 0 fully saturated rings. The number of carbonyl (C=O) groups excluding carboxylic acids is 1. The fourth-order valence-corrected chi connectivity index (χ4v) is 1.92. The molecule has 0 aliphatic rings. The van der Waals surface area contributed by atoms with Crippen molar-refractivity contribution in [2.24, 2.45) is 0 Å². The Balaban J connectivity index is 0. The van der Waals surface area contributed by atoms with Crippen LogP contribution in [0.4, 0.5) is 11.4 Å². The van der Waals surface area contributed by atoms with Crippen LogP contribution in [-0.2, 0) is 4.79 Å². The molecule has 0 aliphatic heterocycles. The first-order valence-electron chi connectivity index (χ1n) is 7.00. The largest absolute Gasteiger partial charge is 1.00 e. The molecule has 0 saturated heterocycles. The van der Waals surface area contributed by atoms with Crippen molar-refractivity contribution in [1.29, 1.82) is 0 Å². The number of benzene rings is 1. The first-order chi connectivity index (χ1) is 10.7. The summed E-state index contributed by atoms with van der Waals surface area (Å²) in [6.45, 7) is 6.94. The molecule has 24 heavy (non-hydrogen) atoms. The molecule has 0 amide bonds. The Morgan fingerprint density at radius 3 is 2.29 bits per heavy atom. The van der Waals surface area contributed by atoms with Gasteiger partial charge in [-0.2, -0.15) is 0 Å². The summed E-state index contributed by atoms with van der Waals surface area (Å²) in [5, 5.41) is 22.2. The third-order valence-electron chi connectivity index (χ3n) is 3.24. The zero-order chi connectivity index (χ0) is 17.7. The van der Waals surface area contributed by atoms with Gasteiger partial charge < -0.3 is 6.16 Å². The number of allylic oxidation sites excluding steroid dienone is 1. The van der Waals surface area contributed by atoms with Gasteiger partial charge in [-0.1, -0.05) is 19.4 Å². The molecule has 9 heteroatoms. The summed E-state index contributed by atoms with van der Waals surface area (Å²) in [5.74, 6) is -1.24. The monoisotopic (exact) mass is 362 g/mol. The second kappa shape index (κ2) is 9.99. The van der Waals surface area contributed by atoms with E-state index in [2.05, 4.69) is 0 Å². The molecule has 1 aromatic carbocycles. The molecule has 1 aromatic rings. The molecule has 0 aliphatic carbocycles. The summed E-state index contributed by atoms with van der Waals surface area (Å²) >= 11 is 0. The van der Waals surface area contributed by atoms with Crippen LogP contribution in [0.5, 0.6) is 5.75 Å². The van der Waals surface area contributed by atoms with Gasteiger partial charge >= 0.3 is 63.0 Å². The van der Waals surface area contributed by atoms with E-state index in [1.54, 1.807) is 20.8 Å². The average molecular weight is 362 g/mol. The van der Waals surface area contributed by atoms with Crippen molar-refractivity contribution in [3.63, 3.8) is 0 Å². The van der Waals surface area contributed by atoms with E-state index < -0.39 is 27.2 Å². The van der Waals surface area contributed by atoms with Gasteiger partial charge in [-0.05, 0) is 26.2 Å². The van der Waals surface area contributed by atoms with Crippen LogP contribution in [0.1, 0.15) is 47.0 Å². The minimum atomic E-state index is -0.788. The fourth-order valence-electron chi connectivity index (χ4n) is 1.92. The number of carbonyl (C=O) groups is 1. The van der Waals surface area contributed by atoms with Crippen LogP contribution in [0.2, 0.25) is 0 Å². The molecular weight excluding hydrogens is 343 g/mol. The van der Waals surface area contributed by atoms with E-state index in [4.69, 9.17) is 4.74 Å². The predicted molar refractivity (Wildman–Crippen MR) is 84.6 cm³/mol. The molecule has 0 spiro atoms. The third-order valence-corrected chi connectivity index (χ3v) is 3.24. The average Bonchev–Trinajstić information content (AvgIpc) is 2.44. The van der Waals surface area contributed by atoms with Gasteiger partial charge in [0.05, 0.1) is 15.9 Å². The van der Waals surface area contributed by atoms with Crippen LogP contribution in [0.15, 0.2) is 23.8 Å². The number of ether oxygens (including phenoxy) is 1. The molecular formula is C15H19KN2O6. The maximum Gasteiger partial charge on any atom is 1.00 e. The molecule has 0 heterocycles. The zero-order valence-corrected chi connectivity index (χ0v) is 17.5. The van der Waals surface area contributed by atoms with Gasteiger partial charge in [0.15, 0.2) is 0 Å². The quantitative estimate of drug-likeness (QED) is 0.186. The Hall–Kier alpha value is -1.13. The Morgan fingerprint density at radius 2 is 1.88 bits per heavy atom. The molecule has 8 nitrogen and oxygen atoms in total. The minimum Gasteiger partial charge on any atom is -1.00 e. The molecule has 1 unspecified atom stereocenters. The maximum absolute atomic E-state index is 11.8. The van der Waals surface area contributed by atoms with Gasteiger partial charge in [0.1, 0.15) is 0 Å². The van der Waals surface area contributed by atoms with E-state index in [0.717, 1.165) is 6.07 Å². The number of nitrogens with zero attached hydrogens (tertiary/aromatic N) is 2. The summed E-state index contributed by atoms with van der Waals surface area (Å²) in [6.07, 6.45) is 1.77. The van der Waals surface area contributed by atoms with Gasteiger partial charge in [-0.3, -0.25) is 20.2 Å². The molecule has 126 valence electrons. The third kappa shape index (κ3) is 6.06. The fraction of sp³-hybridized carbons (Fsp3) is 0.400. The molecule has 0 radical (unpaired) electrons. The van der Waals surface area contributed by atoms with Gasteiger partial charge in [0, 0.05) is 17.7 Å². The van der Waals surface area contributed by atoms with Gasteiger partial charge in [-0.25, -0.2) is 4.79 Å².